The summed E-state index contributed by atoms with van der Waals surface area (Å²) in [5.41, 5.74) is 4.12. The smallest absolute Gasteiger partial charge is 0.0544 e. The van der Waals surface area contributed by atoms with Crippen LogP contribution in [0.15, 0.2) is 41.3 Å². The van der Waals surface area contributed by atoms with E-state index in [4.69, 9.17) is 23.2 Å². The summed E-state index contributed by atoms with van der Waals surface area (Å²) in [5.74, 6) is 0.917. The fraction of sp³-hybridized carbons (Fsp3) is 0.294. The molecule has 0 fully saturated rings. The fourth-order valence-corrected chi connectivity index (χ4v) is 4.19. The quantitative estimate of drug-likeness (QED) is 0.793. The Bertz CT molecular complexity index is 625. The molecule has 0 saturated carbocycles. The molecule has 1 heterocycles. The van der Waals surface area contributed by atoms with Gasteiger partial charge in [-0.3, -0.25) is 0 Å². The van der Waals surface area contributed by atoms with Gasteiger partial charge in [-0.25, -0.2) is 0 Å². The van der Waals surface area contributed by atoms with Crippen molar-refractivity contribution in [3.8, 4) is 0 Å². The number of rotatable bonds is 3. The van der Waals surface area contributed by atoms with Gasteiger partial charge in [0.25, 0.3) is 0 Å². The molecule has 0 atom stereocenters. The summed E-state index contributed by atoms with van der Waals surface area (Å²) in [6.07, 6.45) is 2.14. The lowest BCUT2D eigenvalue weighted by Crippen LogP contribution is -2.16. The predicted molar refractivity (Wildman–Crippen MR) is 92.7 cm³/mol. The molecule has 0 amide bonds. The van der Waals surface area contributed by atoms with Crippen molar-refractivity contribution in [1.29, 1.82) is 0 Å². The van der Waals surface area contributed by atoms with Gasteiger partial charge >= 0.3 is 0 Å². The van der Waals surface area contributed by atoms with Crippen molar-refractivity contribution < 1.29 is 0 Å². The Labute approximate surface area is 140 Å². The minimum atomic E-state index is 0.779. The molecule has 0 saturated heterocycles. The Kier molecular flexibility index (Phi) is 5.12. The number of fused-ring (bicyclic) bond motifs is 1. The summed E-state index contributed by atoms with van der Waals surface area (Å²) in [4.78, 5) is 1.24. The van der Waals surface area contributed by atoms with Gasteiger partial charge in [-0.2, -0.15) is 0 Å². The maximum atomic E-state index is 6.44. The molecule has 2 aromatic carbocycles. The predicted octanol–water partition coefficient (Wildman–Crippen LogP) is 4.97. The third kappa shape index (κ3) is 3.75. The van der Waals surface area contributed by atoms with Crippen LogP contribution in [0.1, 0.15) is 16.7 Å². The van der Waals surface area contributed by atoms with Crippen molar-refractivity contribution in [2.24, 2.45) is 0 Å². The van der Waals surface area contributed by atoms with Crippen molar-refractivity contribution in [1.82, 2.24) is 5.32 Å². The molecular formula is C17H17Cl2NS. The number of thioether (sulfide) groups is 1. The van der Waals surface area contributed by atoms with Gasteiger partial charge in [0.15, 0.2) is 0 Å². The highest BCUT2D eigenvalue weighted by Gasteiger charge is 2.15. The molecule has 0 spiro atoms. The van der Waals surface area contributed by atoms with Crippen LogP contribution in [0.2, 0.25) is 10.0 Å². The van der Waals surface area contributed by atoms with Crippen LogP contribution in [-0.2, 0) is 18.6 Å². The van der Waals surface area contributed by atoms with E-state index in [1.165, 1.54) is 21.6 Å². The Morgan fingerprint density at radius 3 is 2.52 bits per heavy atom. The second kappa shape index (κ2) is 7.06. The molecule has 1 nitrogen and oxygen atoms in total. The summed E-state index contributed by atoms with van der Waals surface area (Å²) < 4.78 is 0. The highest BCUT2D eigenvalue weighted by Crippen LogP contribution is 2.36. The molecule has 4 heteroatoms. The highest BCUT2D eigenvalue weighted by molar-refractivity contribution is 7.98. The molecule has 3 rings (SSSR count). The highest BCUT2D eigenvalue weighted by atomic mass is 35.5. The Balaban J connectivity index is 1.82. The van der Waals surface area contributed by atoms with E-state index in [2.05, 4.69) is 23.5 Å². The topological polar surface area (TPSA) is 12.0 Å². The molecule has 110 valence electrons. The first-order valence-electron chi connectivity index (χ1n) is 7.12. The second-order valence-electron chi connectivity index (χ2n) is 5.18. The largest absolute Gasteiger partial charge is 0.316 e. The SMILES string of the molecule is Clc1ccc(CSc2c(Cl)ccc3c2CCNCC3)cc1. The summed E-state index contributed by atoms with van der Waals surface area (Å²) in [6, 6.07) is 12.2. The lowest BCUT2D eigenvalue weighted by Gasteiger charge is -2.14. The Morgan fingerprint density at radius 2 is 1.71 bits per heavy atom. The Morgan fingerprint density at radius 1 is 0.952 bits per heavy atom. The van der Waals surface area contributed by atoms with E-state index < -0.39 is 0 Å². The monoisotopic (exact) mass is 337 g/mol. The first kappa shape index (κ1) is 15.2. The van der Waals surface area contributed by atoms with Gasteiger partial charge in [0.2, 0.25) is 0 Å². The molecule has 1 aliphatic rings. The molecular weight excluding hydrogens is 321 g/mol. The van der Waals surface area contributed by atoms with Crippen LogP contribution in [-0.4, -0.2) is 13.1 Å². The average Bonchev–Trinajstić information content (AvgIpc) is 2.73. The Hall–Kier alpha value is -0.670. The summed E-state index contributed by atoms with van der Waals surface area (Å²) in [5, 5.41) is 5.10. The molecule has 1 aliphatic heterocycles. The second-order valence-corrected chi connectivity index (χ2v) is 7.01. The number of halogens is 2. The molecule has 0 radical (unpaired) electrons. The van der Waals surface area contributed by atoms with Crippen LogP contribution in [0.5, 0.6) is 0 Å². The minimum Gasteiger partial charge on any atom is -0.316 e. The zero-order valence-electron chi connectivity index (χ0n) is 11.7. The van der Waals surface area contributed by atoms with E-state index in [0.29, 0.717) is 0 Å². The molecule has 0 aromatic heterocycles. The van der Waals surface area contributed by atoms with Gasteiger partial charge in [-0.15, -0.1) is 11.8 Å². The summed E-state index contributed by atoms with van der Waals surface area (Å²) in [7, 11) is 0. The first-order valence-corrected chi connectivity index (χ1v) is 8.86. The molecule has 2 aromatic rings. The summed E-state index contributed by atoms with van der Waals surface area (Å²) in [6.45, 7) is 2.08. The van der Waals surface area contributed by atoms with Gasteiger partial charge in [-0.05, 0) is 60.8 Å². The van der Waals surface area contributed by atoms with Crippen LogP contribution in [0, 0.1) is 0 Å². The lowest BCUT2D eigenvalue weighted by molar-refractivity contribution is 0.709. The third-order valence-corrected chi connectivity index (χ3v) is 5.64. The average molecular weight is 338 g/mol. The molecule has 0 unspecified atom stereocenters. The van der Waals surface area contributed by atoms with Gasteiger partial charge in [-0.1, -0.05) is 41.4 Å². The van der Waals surface area contributed by atoms with E-state index in [9.17, 15) is 0 Å². The number of nitrogens with one attached hydrogen (secondary N) is 1. The van der Waals surface area contributed by atoms with Crippen LogP contribution in [0.25, 0.3) is 0 Å². The van der Waals surface area contributed by atoms with Gasteiger partial charge < -0.3 is 5.32 Å². The van der Waals surface area contributed by atoms with Crippen LogP contribution >= 0.6 is 35.0 Å². The van der Waals surface area contributed by atoms with Gasteiger partial charge in [0.1, 0.15) is 0 Å². The lowest BCUT2D eigenvalue weighted by atomic mass is 10.0. The van der Waals surface area contributed by atoms with Crippen LogP contribution in [0.3, 0.4) is 0 Å². The van der Waals surface area contributed by atoms with E-state index >= 15 is 0 Å². The van der Waals surface area contributed by atoms with E-state index in [-0.39, 0.29) is 0 Å². The van der Waals surface area contributed by atoms with E-state index in [1.807, 2.05) is 30.0 Å². The van der Waals surface area contributed by atoms with E-state index in [1.54, 1.807) is 0 Å². The minimum absolute atomic E-state index is 0.779. The molecule has 21 heavy (non-hydrogen) atoms. The van der Waals surface area contributed by atoms with Crippen molar-refractivity contribution in [3.05, 3.63) is 63.1 Å². The maximum Gasteiger partial charge on any atom is 0.0544 e. The number of hydrogen-bond acceptors (Lipinski definition) is 2. The third-order valence-electron chi connectivity index (χ3n) is 3.73. The normalized spacial score (nSPS) is 14.6. The zero-order chi connectivity index (χ0) is 14.7. The molecule has 1 N–H and O–H groups in total. The zero-order valence-corrected chi connectivity index (χ0v) is 14.0. The summed E-state index contributed by atoms with van der Waals surface area (Å²) >= 11 is 14.2. The van der Waals surface area contributed by atoms with Crippen molar-refractivity contribution >= 4 is 35.0 Å². The van der Waals surface area contributed by atoms with Crippen molar-refractivity contribution in [2.45, 2.75) is 23.5 Å². The van der Waals surface area contributed by atoms with Crippen molar-refractivity contribution in [3.63, 3.8) is 0 Å². The fourth-order valence-electron chi connectivity index (χ4n) is 2.60. The van der Waals surface area contributed by atoms with Crippen molar-refractivity contribution in [2.75, 3.05) is 13.1 Å². The number of benzene rings is 2. The standard InChI is InChI=1S/C17H17Cl2NS/c18-14-4-1-12(2-5-14)11-21-17-15-8-10-20-9-7-13(15)3-6-16(17)19/h1-6,20H,7-11H2. The molecule has 0 aliphatic carbocycles. The van der Waals surface area contributed by atoms with Crippen LogP contribution < -0.4 is 5.32 Å². The molecule has 0 bridgehead atoms. The maximum absolute atomic E-state index is 6.44. The van der Waals surface area contributed by atoms with Crippen LogP contribution in [0.4, 0.5) is 0 Å². The van der Waals surface area contributed by atoms with E-state index in [0.717, 1.165) is 41.7 Å². The van der Waals surface area contributed by atoms with Gasteiger partial charge in [0.05, 0.1) is 5.02 Å². The first-order chi connectivity index (χ1) is 10.2. The number of hydrogen-bond donors (Lipinski definition) is 1. The van der Waals surface area contributed by atoms with Gasteiger partial charge in [0, 0.05) is 15.7 Å².